The molecule has 2 rings (SSSR count). The lowest BCUT2D eigenvalue weighted by atomic mass is 10.3. The van der Waals surface area contributed by atoms with Gasteiger partial charge in [-0.3, -0.25) is 4.98 Å². The van der Waals surface area contributed by atoms with Crippen molar-refractivity contribution in [3.63, 3.8) is 0 Å². The van der Waals surface area contributed by atoms with E-state index in [0.717, 1.165) is 15.3 Å². The summed E-state index contributed by atoms with van der Waals surface area (Å²) in [5, 5.41) is 0. The predicted octanol–water partition coefficient (Wildman–Crippen LogP) is 2.24. The van der Waals surface area contributed by atoms with Crippen molar-refractivity contribution < 1.29 is 8.42 Å². The number of sulfonamides is 1. The van der Waals surface area contributed by atoms with E-state index in [4.69, 9.17) is 0 Å². The van der Waals surface area contributed by atoms with Crippen LogP contribution in [0.15, 0.2) is 35.5 Å². The van der Waals surface area contributed by atoms with Crippen LogP contribution in [0, 0.1) is 13.8 Å². The van der Waals surface area contributed by atoms with Crippen molar-refractivity contribution in [3.8, 4) is 0 Å². The molecule has 2 aromatic heterocycles. The number of thiophene rings is 1. The van der Waals surface area contributed by atoms with Gasteiger partial charge in [0.2, 0.25) is 10.0 Å². The zero-order valence-corrected chi connectivity index (χ0v) is 11.8. The molecule has 0 aromatic carbocycles. The molecule has 0 saturated heterocycles. The third-order valence-electron chi connectivity index (χ3n) is 2.47. The van der Waals surface area contributed by atoms with E-state index < -0.39 is 10.0 Å². The molecule has 2 heterocycles. The maximum absolute atomic E-state index is 12.1. The summed E-state index contributed by atoms with van der Waals surface area (Å²) < 4.78 is 26.8. The van der Waals surface area contributed by atoms with Crippen molar-refractivity contribution in [1.29, 1.82) is 0 Å². The summed E-state index contributed by atoms with van der Waals surface area (Å²) in [6.07, 6.45) is 3.30. The van der Waals surface area contributed by atoms with Gasteiger partial charge in [0.25, 0.3) is 0 Å². The summed E-state index contributed by atoms with van der Waals surface area (Å²) in [5.74, 6) is 0. The number of aryl methyl sites for hydroxylation is 2. The van der Waals surface area contributed by atoms with Crippen molar-refractivity contribution in [1.82, 2.24) is 9.71 Å². The van der Waals surface area contributed by atoms with Gasteiger partial charge in [-0.05, 0) is 31.5 Å². The molecule has 0 aliphatic carbocycles. The maximum atomic E-state index is 12.1. The lowest BCUT2D eigenvalue weighted by Gasteiger charge is -2.05. The highest BCUT2D eigenvalue weighted by Crippen LogP contribution is 2.24. The predicted molar refractivity (Wildman–Crippen MR) is 72.1 cm³/mol. The van der Waals surface area contributed by atoms with Gasteiger partial charge in [-0.2, -0.15) is 0 Å². The summed E-state index contributed by atoms with van der Waals surface area (Å²) in [4.78, 5) is 6.12. The van der Waals surface area contributed by atoms with Crippen LogP contribution in [0.2, 0.25) is 0 Å². The van der Waals surface area contributed by atoms with E-state index >= 15 is 0 Å². The van der Waals surface area contributed by atoms with Gasteiger partial charge in [-0.25, -0.2) is 13.1 Å². The highest BCUT2D eigenvalue weighted by atomic mass is 32.2. The van der Waals surface area contributed by atoms with Crippen LogP contribution in [-0.4, -0.2) is 13.4 Å². The van der Waals surface area contributed by atoms with E-state index in [1.54, 1.807) is 24.5 Å². The van der Waals surface area contributed by atoms with Crippen LogP contribution in [0.1, 0.15) is 15.3 Å². The molecule has 0 saturated carbocycles. The van der Waals surface area contributed by atoms with Gasteiger partial charge in [0.05, 0.1) is 4.90 Å². The molecule has 0 radical (unpaired) electrons. The van der Waals surface area contributed by atoms with Crippen LogP contribution in [0.25, 0.3) is 0 Å². The first-order valence-corrected chi connectivity index (χ1v) is 7.74. The summed E-state index contributed by atoms with van der Waals surface area (Å²) >= 11 is 1.49. The molecule has 1 N–H and O–H groups in total. The molecule has 0 aliphatic rings. The minimum Gasteiger partial charge on any atom is -0.264 e. The van der Waals surface area contributed by atoms with Crippen LogP contribution in [0.4, 0.5) is 0 Å². The number of nitrogens with zero attached hydrogens (tertiary/aromatic N) is 1. The minimum absolute atomic E-state index is 0.254. The second kappa shape index (κ2) is 5.17. The van der Waals surface area contributed by atoms with Crippen LogP contribution < -0.4 is 4.72 Å². The Hall–Kier alpha value is -1.24. The minimum atomic E-state index is -3.44. The molecule has 0 atom stereocenters. The first kappa shape index (κ1) is 13.2. The number of hydrogen-bond acceptors (Lipinski definition) is 4. The Morgan fingerprint density at radius 1 is 1.39 bits per heavy atom. The van der Waals surface area contributed by atoms with Crippen LogP contribution in [0.5, 0.6) is 0 Å². The van der Waals surface area contributed by atoms with E-state index in [1.807, 2.05) is 19.9 Å². The number of aromatic nitrogens is 1. The molecular weight excluding hydrogens is 268 g/mol. The van der Waals surface area contributed by atoms with Crippen molar-refractivity contribution in [2.45, 2.75) is 25.3 Å². The van der Waals surface area contributed by atoms with Crippen LogP contribution in [-0.2, 0) is 16.6 Å². The third-order valence-corrected chi connectivity index (χ3v) is 5.10. The van der Waals surface area contributed by atoms with Gasteiger partial charge in [0.15, 0.2) is 0 Å². The maximum Gasteiger partial charge on any atom is 0.241 e. The molecule has 6 heteroatoms. The van der Waals surface area contributed by atoms with E-state index in [9.17, 15) is 8.42 Å². The largest absolute Gasteiger partial charge is 0.264 e. The molecule has 0 amide bonds. The second-order valence-electron chi connectivity index (χ2n) is 3.96. The van der Waals surface area contributed by atoms with E-state index in [1.165, 1.54) is 11.3 Å². The quantitative estimate of drug-likeness (QED) is 0.935. The standard InChI is InChI=1S/C12H14N2O2S2/c1-9-6-12(10(2)17-9)18(15,16)14-8-11-4-3-5-13-7-11/h3-7,14H,8H2,1-2H3. The fourth-order valence-electron chi connectivity index (χ4n) is 1.63. The number of nitrogens with one attached hydrogen (secondary N) is 1. The first-order chi connectivity index (χ1) is 8.49. The lowest BCUT2D eigenvalue weighted by molar-refractivity contribution is 0.581. The average Bonchev–Trinajstić information content (AvgIpc) is 2.68. The van der Waals surface area contributed by atoms with Gasteiger partial charge < -0.3 is 0 Å². The Morgan fingerprint density at radius 3 is 2.72 bits per heavy atom. The molecular formula is C12H14N2O2S2. The van der Waals surface area contributed by atoms with E-state index in [-0.39, 0.29) is 6.54 Å². The summed E-state index contributed by atoms with van der Waals surface area (Å²) in [6, 6.07) is 5.32. The van der Waals surface area contributed by atoms with Gasteiger partial charge in [0, 0.05) is 28.7 Å². The topological polar surface area (TPSA) is 59.1 Å². The lowest BCUT2D eigenvalue weighted by Crippen LogP contribution is -2.23. The molecule has 96 valence electrons. The van der Waals surface area contributed by atoms with E-state index in [0.29, 0.717) is 4.90 Å². The highest BCUT2D eigenvalue weighted by Gasteiger charge is 2.18. The van der Waals surface area contributed by atoms with E-state index in [2.05, 4.69) is 9.71 Å². The van der Waals surface area contributed by atoms with Gasteiger partial charge in [-0.1, -0.05) is 6.07 Å². The van der Waals surface area contributed by atoms with Crippen LogP contribution in [0.3, 0.4) is 0 Å². The first-order valence-electron chi connectivity index (χ1n) is 5.44. The second-order valence-corrected chi connectivity index (χ2v) is 7.16. The summed E-state index contributed by atoms with van der Waals surface area (Å²) in [6.45, 7) is 3.97. The molecule has 0 unspecified atom stereocenters. The van der Waals surface area contributed by atoms with Crippen molar-refractivity contribution >= 4 is 21.4 Å². The van der Waals surface area contributed by atoms with Gasteiger partial charge in [-0.15, -0.1) is 11.3 Å². The smallest absolute Gasteiger partial charge is 0.241 e. The molecule has 2 aromatic rings. The molecule has 0 spiro atoms. The fourth-order valence-corrected chi connectivity index (χ4v) is 4.20. The van der Waals surface area contributed by atoms with Crippen molar-refractivity contribution in [2.75, 3.05) is 0 Å². The summed E-state index contributed by atoms with van der Waals surface area (Å²) in [5.41, 5.74) is 0.839. The molecule has 0 bridgehead atoms. The average molecular weight is 282 g/mol. The normalized spacial score (nSPS) is 11.7. The zero-order valence-electron chi connectivity index (χ0n) is 10.2. The Balaban J connectivity index is 2.16. The van der Waals surface area contributed by atoms with Crippen LogP contribution >= 0.6 is 11.3 Å². The number of rotatable bonds is 4. The van der Waals surface area contributed by atoms with Gasteiger partial charge in [0.1, 0.15) is 0 Å². The monoisotopic (exact) mass is 282 g/mol. The third kappa shape index (κ3) is 2.95. The number of hydrogen-bond donors (Lipinski definition) is 1. The zero-order chi connectivity index (χ0) is 13.2. The molecule has 4 nitrogen and oxygen atoms in total. The fraction of sp³-hybridized carbons (Fsp3) is 0.250. The number of pyridine rings is 1. The Morgan fingerprint density at radius 2 is 2.17 bits per heavy atom. The Kier molecular flexibility index (Phi) is 3.79. The van der Waals surface area contributed by atoms with Gasteiger partial charge >= 0.3 is 0 Å². The summed E-state index contributed by atoms with van der Waals surface area (Å²) in [7, 11) is -3.44. The molecule has 0 aliphatic heterocycles. The van der Waals surface area contributed by atoms with Crippen molar-refractivity contribution in [2.24, 2.45) is 0 Å². The molecule has 18 heavy (non-hydrogen) atoms. The Labute approximate surface area is 111 Å². The Bertz CT molecular complexity index is 633. The SMILES string of the molecule is Cc1cc(S(=O)(=O)NCc2cccnc2)c(C)s1. The highest BCUT2D eigenvalue weighted by molar-refractivity contribution is 7.89. The molecule has 0 fully saturated rings. The van der Waals surface area contributed by atoms with Crippen molar-refractivity contribution in [3.05, 3.63) is 45.9 Å².